The summed E-state index contributed by atoms with van der Waals surface area (Å²) in [6.45, 7) is 0. The van der Waals surface area contributed by atoms with Crippen LogP contribution in [0.4, 0.5) is 4.39 Å². The van der Waals surface area contributed by atoms with Crippen molar-refractivity contribution in [1.82, 2.24) is 0 Å². The lowest BCUT2D eigenvalue weighted by molar-refractivity contribution is 0.0654. The van der Waals surface area contributed by atoms with Gasteiger partial charge >= 0.3 is 0 Å². The van der Waals surface area contributed by atoms with Gasteiger partial charge in [-0.2, -0.15) is 0 Å². The summed E-state index contributed by atoms with van der Waals surface area (Å²) >= 11 is 3.38. The van der Waals surface area contributed by atoms with Crippen LogP contribution in [0.5, 0.6) is 5.75 Å². The van der Waals surface area contributed by atoms with Crippen molar-refractivity contribution in [1.29, 1.82) is 0 Å². The van der Waals surface area contributed by atoms with E-state index >= 15 is 0 Å². The standard InChI is InChI=1S/C15H12BrFO2/c16-10-3-1-9(2-4-10)14-8-13(18)12-6-5-11(17)7-15(12)19-14/h1-7,13-14,18H,8H2. The van der Waals surface area contributed by atoms with Crippen molar-refractivity contribution in [2.45, 2.75) is 18.6 Å². The molecule has 3 rings (SSSR count). The van der Waals surface area contributed by atoms with Gasteiger partial charge in [-0.1, -0.05) is 28.1 Å². The van der Waals surface area contributed by atoms with E-state index in [0.29, 0.717) is 17.7 Å². The zero-order chi connectivity index (χ0) is 13.4. The molecule has 0 aromatic heterocycles. The normalized spacial score (nSPS) is 21.6. The molecular formula is C15H12BrFO2. The zero-order valence-corrected chi connectivity index (χ0v) is 11.6. The van der Waals surface area contributed by atoms with Gasteiger partial charge in [-0.15, -0.1) is 0 Å². The molecule has 0 fully saturated rings. The zero-order valence-electron chi connectivity index (χ0n) is 10.0. The third-order valence-corrected chi connectivity index (χ3v) is 3.81. The maximum atomic E-state index is 13.2. The van der Waals surface area contributed by atoms with Crippen LogP contribution in [0.1, 0.15) is 29.8 Å². The summed E-state index contributed by atoms with van der Waals surface area (Å²) in [4.78, 5) is 0. The van der Waals surface area contributed by atoms with Crippen LogP contribution in [0.3, 0.4) is 0 Å². The monoisotopic (exact) mass is 322 g/mol. The summed E-state index contributed by atoms with van der Waals surface area (Å²) in [5.41, 5.74) is 1.62. The van der Waals surface area contributed by atoms with E-state index in [9.17, 15) is 9.50 Å². The lowest BCUT2D eigenvalue weighted by atomic mass is 9.95. The van der Waals surface area contributed by atoms with Crippen LogP contribution in [0, 0.1) is 5.82 Å². The number of hydrogen-bond donors (Lipinski definition) is 1. The average Bonchev–Trinajstić information content (AvgIpc) is 2.38. The van der Waals surface area contributed by atoms with Gasteiger partial charge in [0.15, 0.2) is 0 Å². The van der Waals surface area contributed by atoms with Gasteiger partial charge in [-0.3, -0.25) is 0 Å². The first kappa shape index (κ1) is 12.6. The second-order valence-corrected chi connectivity index (χ2v) is 5.51. The summed E-state index contributed by atoms with van der Waals surface area (Å²) in [6.07, 6.45) is -0.407. The molecule has 0 spiro atoms. The topological polar surface area (TPSA) is 29.5 Å². The average molecular weight is 323 g/mol. The van der Waals surface area contributed by atoms with Crippen molar-refractivity contribution in [2.24, 2.45) is 0 Å². The van der Waals surface area contributed by atoms with E-state index in [-0.39, 0.29) is 11.9 Å². The summed E-state index contributed by atoms with van der Waals surface area (Å²) in [5, 5.41) is 10.1. The molecule has 0 saturated heterocycles. The fraction of sp³-hybridized carbons (Fsp3) is 0.200. The maximum absolute atomic E-state index is 13.2. The second-order valence-electron chi connectivity index (χ2n) is 4.59. The van der Waals surface area contributed by atoms with Crippen molar-refractivity contribution in [3.63, 3.8) is 0 Å². The number of rotatable bonds is 1. The van der Waals surface area contributed by atoms with Gasteiger partial charge in [-0.05, 0) is 29.8 Å². The number of benzene rings is 2. The molecule has 2 aromatic rings. The minimum atomic E-state index is -0.627. The molecule has 1 N–H and O–H groups in total. The first-order chi connectivity index (χ1) is 9.13. The first-order valence-electron chi connectivity index (χ1n) is 6.03. The number of fused-ring (bicyclic) bond motifs is 1. The molecule has 98 valence electrons. The van der Waals surface area contributed by atoms with Gasteiger partial charge in [0.1, 0.15) is 17.7 Å². The number of aliphatic hydroxyl groups is 1. The predicted molar refractivity (Wildman–Crippen MR) is 73.5 cm³/mol. The Bertz CT molecular complexity index is 598. The van der Waals surface area contributed by atoms with Gasteiger partial charge in [-0.25, -0.2) is 4.39 Å². The lowest BCUT2D eigenvalue weighted by Crippen LogP contribution is -2.19. The highest BCUT2D eigenvalue weighted by Crippen LogP contribution is 2.41. The minimum Gasteiger partial charge on any atom is -0.485 e. The highest BCUT2D eigenvalue weighted by atomic mass is 79.9. The Morgan fingerprint density at radius 1 is 1.16 bits per heavy atom. The van der Waals surface area contributed by atoms with Crippen LogP contribution in [-0.4, -0.2) is 5.11 Å². The molecule has 19 heavy (non-hydrogen) atoms. The molecule has 2 atom stereocenters. The smallest absolute Gasteiger partial charge is 0.128 e. The third-order valence-electron chi connectivity index (χ3n) is 3.28. The molecule has 0 aliphatic carbocycles. The molecule has 0 amide bonds. The Balaban J connectivity index is 1.93. The van der Waals surface area contributed by atoms with Gasteiger partial charge in [0.05, 0.1) is 6.10 Å². The van der Waals surface area contributed by atoms with Crippen LogP contribution in [0.2, 0.25) is 0 Å². The maximum Gasteiger partial charge on any atom is 0.128 e. The number of ether oxygens (including phenoxy) is 1. The lowest BCUT2D eigenvalue weighted by Gasteiger charge is -2.30. The van der Waals surface area contributed by atoms with Crippen LogP contribution in [0.15, 0.2) is 46.9 Å². The molecule has 2 nitrogen and oxygen atoms in total. The molecule has 0 bridgehead atoms. The van der Waals surface area contributed by atoms with Gasteiger partial charge in [0, 0.05) is 22.5 Å². The van der Waals surface area contributed by atoms with E-state index in [1.165, 1.54) is 12.1 Å². The van der Waals surface area contributed by atoms with Crippen LogP contribution in [-0.2, 0) is 0 Å². The summed E-state index contributed by atoms with van der Waals surface area (Å²) in [6, 6.07) is 12.0. The molecule has 0 radical (unpaired) electrons. The fourth-order valence-electron chi connectivity index (χ4n) is 2.30. The van der Waals surface area contributed by atoms with E-state index in [1.54, 1.807) is 6.07 Å². The Kier molecular flexibility index (Phi) is 3.29. The molecule has 0 saturated carbocycles. The summed E-state index contributed by atoms with van der Waals surface area (Å²) in [5.74, 6) is 0.0640. The predicted octanol–water partition coefficient (Wildman–Crippen LogP) is 4.15. The number of hydrogen-bond acceptors (Lipinski definition) is 2. The third kappa shape index (κ3) is 2.51. The van der Waals surface area contributed by atoms with E-state index in [0.717, 1.165) is 10.0 Å². The number of halogens is 2. The Labute approximate surface area is 119 Å². The molecule has 1 aliphatic heterocycles. The SMILES string of the molecule is OC1CC(c2ccc(Br)cc2)Oc2cc(F)ccc21. The molecule has 1 heterocycles. The van der Waals surface area contributed by atoms with E-state index in [1.807, 2.05) is 24.3 Å². The number of aliphatic hydroxyl groups excluding tert-OH is 1. The quantitative estimate of drug-likeness (QED) is 0.854. The van der Waals surface area contributed by atoms with Crippen molar-refractivity contribution in [3.8, 4) is 5.75 Å². The first-order valence-corrected chi connectivity index (χ1v) is 6.82. The highest BCUT2D eigenvalue weighted by Gasteiger charge is 2.28. The molecule has 4 heteroatoms. The summed E-state index contributed by atoms with van der Waals surface area (Å²) < 4.78 is 20.0. The van der Waals surface area contributed by atoms with Crippen LogP contribution in [0.25, 0.3) is 0 Å². The van der Waals surface area contributed by atoms with Crippen molar-refractivity contribution in [3.05, 3.63) is 63.9 Å². The largest absolute Gasteiger partial charge is 0.485 e. The Hall–Kier alpha value is -1.39. The molecule has 2 unspecified atom stereocenters. The Morgan fingerprint density at radius 3 is 2.63 bits per heavy atom. The van der Waals surface area contributed by atoms with E-state index in [4.69, 9.17) is 4.74 Å². The van der Waals surface area contributed by atoms with E-state index < -0.39 is 6.10 Å². The molecule has 1 aliphatic rings. The minimum absolute atomic E-state index is 0.252. The van der Waals surface area contributed by atoms with Crippen molar-refractivity contribution >= 4 is 15.9 Å². The van der Waals surface area contributed by atoms with Gasteiger partial charge < -0.3 is 9.84 Å². The fourth-order valence-corrected chi connectivity index (χ4v) is 2.56. The highest BCUT2D eigenvalue weighted by molar-refractivity contribution is 9.10. The van der Waals surface area contributed by atoms with Gasteiger partial charge in [0.2, 0.25) is 0 Å². The summed E-state index contributed by atoms with van der Waals surface area (Å²) in [7, 11) is 0. The van der Waals surface area contributed by atoms with E-state index in [2.05, 4.69) is 15.9 Å². The molecule has 2 aromatic carbocycles. The van der Waals surface area contributed by atoms with Crippen LogP contribution < -0.4 is 4.74 Å². The second kappa shape index (κ2) is 4.94. The van der Waals surface area contributed by atoms with Crippen molar-refractivity contribution in [2.75, 3.05) is 0 Å². The Morgan fingerprint density at radius 2 is 1.89 bits per heavy atom. The molecular weight excluding hydrogens is 311 g/mol. The van der Waals surface area contributed by atoms with Crippen LogP contribution >= 0.6 is 15.9 Å². The van der Waals surface area contributed by atoms with Gasteiger partial charge in [0.25, 0.3) is 0 Å². The van der Waals surface area contributed by atoms with Crippen molar-refractivity contribution < 1.29 is 14.2 Å².